The van der Waals surface area contributed by atoms with Crippen molar-refractivity contribution in [1.82, 2.24) is 9.62 Å². The normalized spacial score (nSPS) is 15.3. The number of nitrogens with zero attached hydrogens (tertiary/aromatic N) is 1. The van der Waals surface area contributed by atoms with Crippen molar-refractivity contribution in [2.45, 2.75) is 60.7 Å². The lowest BCUT2D eigenvalue weighted by Crippen LogP contribution is -2.46. The lowest BCUT2D eigenvalue weighted by atomic mass is 9.88. The van der Waals surface area contributed by atoms with E-state index in [1.165, 1.54) is 17.2 Å². The van der Waals surface area contributed by atoms with E-state index in [9.17, 15) is 23.1 Å². The minimum atomic E-state index is -4.54. The Morgan fingerprint density at radius 3 is 2.33 bits per heavy atom. The second kappa shape index (κ2) is 12.2. The number of thioether (sulfide) groups is 1. The molecule has 36 heavy (non-hydrogen) atoms. The summed E-state index contributed by atoms with van der Waals surface area (Å²) in [5, 5.41) is 22.9. The molecule has 0 aliphatic heterocycles. The van der Waals surface area contributed by atoms with Crippen molar-refractivity contribution in [3.8, 4) is 0 Å². The molecule has 0 amide bonds. The van der Waals surface area contributed by atoms with E-state index in [-0.39, 0.29) is 22.7 Å². The Kier molecular flexibility index (Phi) is 9.79. The van der Waals surface area contributed by atoms with Crippen LogP contribution in [-0.4, -0.2) is 58.0 Å². The van der Waals surface area contributed by atoms with Gasteiger partial charge in [0.1, 0.15) is 0 Å². The maximum Gasteiger partial charge on any atom is 0.416 e. The number of carboxylic acid groups (broad SMARTS) is 1. The van der Waals surface area contributed by atoms with E-state index in [1.807, 2.05) is 0 Å². The molecule has 10 heteroatoms. The smallest absolute Gasteiger partial charge is 0.416 e. The predicted octanol–water partition coefficient (Wildman–Crippen LogP) is 5.36. The highest BCUT2D eigenvalue weighted by atomic mass is 32.2. The predicted molar refractivity (Wildman–Crippen MR) is 138 cm³/mol. The summed E-state index contributed by atoms with van der Waals surface area (Å²) in [6.07, 6.45) is -2.15. The third-order valence-electron chi connectivity index (χ3n) is 6.05. The van der Waals surface area contributed by atoms with Crippen LogP contribution in [0.15, 0.2) is 52.3 Å². The van der Waals surface area contributed by atoms with Crippen molar-refractivity contribution in [1.29, 1.82) is 0 Å². The number of alkyl halides is 3. The molecular formula is C26H33F3N2O3S2. The quantitative estimate of drug-likeness (QED) is 0.247. The molecule has 1 aliphatic carbocycles. The fourth-order valence-corrected chi connectivity index (χ4v) is 6.33. The van der Waals surface area contributed by atoms with Gasteiger partial charge in [-0.15, -0.1) is 11.8 Å². The zero-order valence-electron chi connectivity index (χ0n) is 20.6. The average Bonchev–Trinajstić information content (AvgIpc) is 3.17. The van der Waals surface area contributed by atoms with Gasteiger partial charge in [0.05, 0.1) is 17.4 Å². The van der Waals surface area contributed by atoms with Crippen LogP contribution in [0.3, 0.4) is 0 Å². The summed E-state index contributed by atoms with van der Waals surface area (Å²) in [6, 6.07) is 12.1. The van der Waals surface area contributed by atoms with Gasteiger partial charge >= 0.3 is 12.1 Å². The molecule has 0 aromatic heterocycles. The van der Waals surface area contributed by atoms with E-state index in [0.29, 0.717) is 17.4 Å². The molecule has 0 heterocycles. The summed E-state index contributed by atoms with van der Waals surface area (Å²) in [6.45, 7) is 4.86. The molecule has 1 aliphatic rings. The van der Waals surface area contributed by atoms with Gasteiger partial charge in [0.2, 0.25) is 0 Å². The first-order valence-electron chi connectivity index (χ1n) is 11.8. The fraction of sp³-hybridized carbons (Fsp3) is 0.500. The third kappa shape index (κ3) is 8.99. The standard InChI is InChI=1S/C26H33F3N2O3S2/c1-25(2,13-17-8-18-6-4-5-7-19(18)9-17)30-14-21(32)15-31(3)36-23-11-20(26(27,28)29)10-22(12-23)35-16-24(33)34/h4-7,10-12,17,21,30,32H,8-9,13-16H2,1-3H3,(H,33,34)/t21-/m1/s1. The zero-order chi connectivity index (χ0) is 26.5. The summed E-state index contributed by atoms with van der Waals surface area (Å²) in [5.74, 6) is -0.872. The number of carbonyl (C=O) groups is 1. The van der Waals surface area contributed by atoms with E-state index in [4.69, 9.17) is 5.11 Å². The van der Waals surface area contributed by atoms with E-state index in [0.717, 1.165) is 55.1 Å². The number of halogens is 3. The first-order valence-corrected chi connectivity index (χ1v) is 13.5. The van der Waals surface area contributed by atoms with Crippen LogP contribution in [0.1, 0.15) is 37.0 Å². The highest BCUT2D eigenvalue weighted by molar-refractivity contribution is 8.00. The van der Waals surface area contributed by atoms with Crippen LogP contribution in [0.25, 0.3) is 0 Å². The molecule has 0 saturated carbocycles. The molecule has 3 rings (SSSR count). The number of rotatable bonds is 12. The summed E-state index contributed by atoms with van der Waals surface area (Å²) < 4.78 is 41.7. The summed E-state index contributed by atoms with van der Waals surface area (Å²) in [7, 11) is 1.71. The fourth-order valence-electron chi connectivity index (χ4n) is 4.58. The topological polar surface area (TPSA) is 72.8 Å². The van der Waals surface area contributed by atoms with Crippen LogP contribution in [0.4, 0.5) is 13.2 Å². The maximum atomic E-state index is 13.3. The number of benzene rings is 2. The van der Waals surface area contributed by atoms with Gasteiger partial charge in [-0.1, -0.05) is 24.3 Å². The number of nitrogens with one attached hydrogen (secondary N) is 1. The molecular weight excluding hydrogens is 509 g/mol. The van der Waals surface area contributed by atoms with Gasteiger partial charge in [0.25, 0.3) is 0 Å². The third-order valence-corrected chi connectivity index (χ3v) is 7.92. The summed E-state index contributed by atoms with van der Waals surface area (Å²) >= 11 is 1.93. The number of aliphatic carboxylic acids is 1. The molecule has 2 aromatic carbocycles. The van der Waals surface area contributed by atoms with Gasteiger partial charge in [-0.25, -0.2) is 4.31 Å². The number of β-amino-alcohol motifs (C(OH)–C–C–N with tert-alkyl or cyclic N) is 1. The number of fused-ring (bicyclic) bond motifs is 1. The second-order valence-corrected chi connectivity index (χ2v) is 12.3. The Bertz CT molecular complexity index is 1020. The Labute approximate surface area is 219 Å². The highest BCUT2D eigenvalue weighted by Gasteiger charge is 2.32. The Hall–Kier alpha value is -1.72. The first-order chi connectivity index (χ1) is 16.8. The molecule has 0 bridgehead atoms. The molecule has 0 radical (unpaired) electrons. The number of hydrogen-bond acceptors (Lipinski definition) is 6. The van der Waals surface area contributed by atoms with Gasteiger partial charge in [-0.3, -0.25) is 4.79 Å². The van der Waals surface area contributed by atoms with Crippen molar-refractivity contribution in [2.75, 3.05) is 25.9 Å². The summed E-state index contributed by atoms with van der Waals surface area (Å²) in [5.41, 5.74) is 1.83. The number of aliphatic hydroxyl groups excluding tert-OH is 1. The van der Waals surface area contributed by atoms with E-state index < -0.39 is 23.8 Å². The van der Waals surface area contributed by atoms with Gasteiger partial charge in [-0.05, 0) is 87.3 Å². The van der Waals surface area contributed by atoms with Crippen LogP contribution >= 0.6 is 23.7 Å². The first kappa shape index (κ1) is 28.8. The van der Waals surface area contributed by atoms with Crippen molar-refractivity contribution < 1.29 is 28.2 Å². The molecule has 5 nitrogen and oxygen atoms in total. The van der Waals surface area contributed by atoms with E-state index in [1.54, 1.807) is 11.4 Å². The van der Waals surface area contributed by atoms with E-state index in [2.05, 4.69) is 43.4 Å². The Morgan fingerprint density at radius 2 is 1.75 bits per heavy atom. The molecule has 0 fully saturated rings. The lowest BCUT2D eigenvalue weighted by molar-refractivity contribution is -0.138. The minimum Gasteiger partial charge on any atom is -0.481 e. The Balaban J connectivity index is 1.51. The monoisotopic (exact) mass is 542 g/mol. The van der Waals surface area contributed by atoms with Crippen LogP contribution in [0, 0.1) is 5.92 Å². The lowest BCUT2D eigenvalue weighted by Gasteiger charge is -2.31. The van der Waals surface area contributed by atoms with Gasteiger partial charge < -0.3 is 15.5 Å². The van der Waals surface area contributed by atoms with Gasteiger partial charge in [0.15, 0.2) is 0 Å². The number of likely N-dealkylation sites (N-methyl/N-ethyl adjacent to an activating group) is 1. The van der Waals surface area contributed by atoms with Gasteiger partial charge in [0, 0.05) is 28.4 Å². The molecule has 3 N–H and O–H groups in total. The molecule has 198 valence electrons. The zero-order valence-corrected chi connectivity index (χ0v) is 22.3. The largest absolute Gasteiger partial charge is 0.481 e. The molecule has 0 unspecified atom stereocenters. The molecule has 1 atom stereocenters. The number of carboxylic acids is 1. The number of hydrogen-bond donors (Lipinski definition) is 3. The SMILES string of the molecule is CN(C[C@H](O)CNC(C)(C)CC1Cc2ccccc2C1)Sc1cc(SCC(=O)O)cc(C(F)(F)F)c1. The van der Waals surface area contributed by atoms with Crippen LogP contribution in [-0.2, 0) is 23.8 Å². The van der Waals surface area contributed by atoms with Crippen molar-refractivity contribution in [3.63, 3.8) is 0 Å². The Morgan fingerprint density at radius 1 is 1.14 bits per heavy atom. The molecule has 2 aromatic rings. The number of aliphatic hydroxyl groups is 1. The average molecular weight is 543 g/mol. The van der Waals surface area contributed by atoms with Crippen molar-refractivity contribution in [2.24, 2.45) is 5.92 Å². The molecule has 0 spiro atoms. The van der Waals surface area contributed by atoms with Gasteiger partial charge in [-0.2, -0.15) is 13.2 Å². The van der Waals surface area contributed by atoms with Crippen molar-refractivity contribution >= 4 is 29.7 Å². The van der Waals surface area contributed by atoms with Crippen LogP contribution in [0.2, 0.25) is 0 Å². The van der Waals surface area contributed by atoms with Crippen LogP contribution < -0.4 is 5.32 Å². The van der Waals surface area contributed by atoms with E-state index >= 15 is 0 Å². The second-order valence-electron chi connectivity index (χ2n) is 9.94. The highest BCUT2D eigenvalue weighted by Crippen LogP contribution is 2.36. The minimum absolute atomic E-state index is 0.170. The van der Waals surface area contributed by atoms with Crippen LogP contribution in [0.5, 0.6) is 0 Å². The van der Waals surface area contributed by atoms with Crippen molar-refractivity contribution in [3.05, 3.63) is 59.2 Å². The summed E-state index contributed by atoms with van der Waals surface area (Å²) in [4.78, 5) is 11.4. The molecule has 0 saturated heterocycles. The maximum absolute atomic E-state index is 13.3.